The molecular weight excluding hydrogens is 346 g/mol. The van der Waals surface area contributed by atoms with Crippen molar-refractivity contribution >= 4 is 10.1 Å². The molecule has 0 amide bonds. The second-order valence-electron chi connectivity index (χ2n) is 7.79. The van der Waals surface area contributed by atoms with Gasteiger partial charge in [0.15, 0.2) is 0 Å². The van der Waals surface area contributed by atoms with Crippen LogP contribution in [0.15, 0.2) is 0 Å². The van der Waals surface area contributed by atoms with E-state index >= 15 is 0 Å². The number of hydrogen-bond donors (Lipinski definition) is 2. The Morgan fingerprint density at radius 1 is 0.692 bits per heavy atom. The molecule has 0 heterocycles. The number of rotatable bonds is 20. The Bertz CT molecular complexity index is 385. The molecule has 0 saturated carbocycles. The highest BCUT2D eigenvalue weighted by Gasteiger charge is 2.21. The predicted molar refractivity (Wildman–Crippen MR) is 113 cm³/mol. The van der Waals surface area contributed by atoms with Gasteiger partial charge in [0, 0.05) is 6.54 Å². The molecule has 0 radical (unpaired) electrons. The van der Waals surface area contributed by atoms with Gasteiger partial charge in [0.25, 0.3) is 10.1 Å². The second kappa shape index (κ2) is 18.2. The average molecular weight is 392 g/mol. The predicted octanol–water partition coefficient (Wildman–Crippen LogP) is 6.11. The molecule has 0 rings (SSSR count). The maximum atomic E-state index is 11.2. The third-order valence-corrected chi connectivity index (χ3v) is 6.48. The van der Waals surface area contributed by atoms with Gasteiger partial charge in [0.05, 0.1) is 5.25 Å². The van der Waals surface area contributed by atoms with Gasteiger partial charge >= 0.3 is 0 Å². The van der Waals surface area contributed by atoms with Crippen LogP contribution in [0.3, 0.4) is 0 Å². The summed E-state index contributed by atoms with van der Waals surface area (Å²) in [6.07, 6.45) is 21.5. The van der Waals surface area contributed by atoms with Crippen molar-refractivity contribution in [3.05, 3.63) is 0 Å². The first-order valence-corrected chi connectivity index (χ1v) is 12.6. The molecule has 0 aliphatic heterocycles. The highest BCUT2D eigenvalue weighted by molar-refractivity contribution is 7.86. The summed E-state index contributed by atoms with van der Waals surface area (Å²) < 4.78 is 31.6. The van der Waals surface area contributed by atoms with Crippen molar-refractivity contribution in [3.63, 3.8) is 0 Å². The van der Waals surface area contributed by atoms with Crippen LogP contribution in [0.4, 0.5) is 0 Å². The van der Waals surface area contributed by atoms with Gasteiger partial charge in [0.2, 0.25) is 0 Å². The fourth-order valence-electron chi connectivity index (χ4n) is 3.50. The van der Waals surface area contributed by atoms with Crippen LogP contribution in [0.25, 0.3) is 0 Å². The zero-order valence-corrected chi connectivity index (χ0v) is 18.3. The topological polar surface area (TPSA) is 66.4 Å². The Balaban J connectivity index is 3.29. The van der Waals surface area contributed by atoms with Gasteiger partial charge in [-0.25, -0.2) is 0 Å². The first kappa shape index (κ1) is 25.9. The lowest BCUT2D eigenvalue weighted by Gasteiger charge is -2.12. The van der Waals surface area contributed by atoms with Crippen molar-refractivity contribution < 1.29 is 13.0 Å². The molecule has 0 fully saturated rings. The number of unbranched alkanes of at least 4 members (excludes halogenated alkanes) is 15. The lowest BCUT2D eigenvalue weighted by atomic mass is 10.0. The minimum atomic E-state index is -3.91. The average Bonchev–Trinajstić information content (AvgIpc) is 2.59. The first-order valence-electron chi connectivity index (χ1n) is 11.1. The molecule has 1 unspecified atom stereocenters. The summed E-state index contributed by atoms with van der Waals surface area (Å²) in [6.45, 7) is 2.60. The molecule has 0 aromatic heterocycles. The zero-order valence-electron chi connectivity index (χ0n) is 17.5. The first-order chi connectivity index (χ1) is 12.5. The zero-order chi connectivity index (χ0) is 19.5. The fourth-order valence-corrected chi connectivity index (χ4v) is 4.35. The lowest BCUT2D eigenvalue weighted by molar-refractivity contribution is 0.451. The van der Waals surface area contributed by atoms with Crippen LogP contribution in [-0.2, 0) is 10.1 Å². The number of hydrogen-bond acceptors (Lipinski definition) is 3. The number of nitrogens with one attached hydrogen (secondary N) is 1. The van der Waals surface area contributed by atoms with E-state index in [4.69, 9.17) is 4.55 Å². The van der Waals surface area contributed by atoms with Crippen LogP contribution < -0.4 is 5.32 Å². The van der Waals surface area contributed by atoms with Crippen LogP contribution in [0.1, 0.15) is 116 Å². The molecule has 1 atom stereocenters. The van der Waals surface area contributed by atoms with E-state index in [9.17, 15) is 8.42 Å². The Morgan fingerprint density at radius 2 is 1.04 bits per heavy atom. The summed E-state index contributed by atoms with van der Waals surface area (Å²) in [5, 5.41) is 2.19. The van der Waals surface area contributed by atoms with Crippen molar-refractivity contribution in [2.45, 2.75) is 121 Å². The Hall–Kier alpha value is -0.130. The SMILES string of the molecule is CCCCCCCCCCCCCCCCCCC(CNC)S(=O)(=O)O. The standard InChI is InChI=1S/C21H45NO3S/c1-3-4-5-6-7-8-9-10-11-12-13-14-15-16-17-18-19-21(20-22-2)26(23,24)25/h21-22H,3-20H2,1-2H3,(H,23,24,25). The van der Waals surface area contributed by atoms with Crippen LogP contribution in [0.2, 0.25) is 0 Å². The third-order valence-electron chi connectivity index (χ3n) is 5.23. The molecule has 0 saturated heterocycles. The fraction of sp³-hybridized carbons (Fsp3) is 1.00. The van der Waals surface area contributed by atoms with Crippen molar-refractivity contribution in [1.29, 1.82) is 0 Å². The van der Waals surface area contributed by atoms with E-state index in [2.05, 4.69) is 12.2 Å². The third kappa shape index (κ3) is 17.3. The normalized spacial score (nSPS) is 13.2. The van der Waals surface area contributed by atoms with Gasteiger partial charge in [-0.05, 0) is 13.5 Å². The molecule has 0 aromatic rings. The minimum Gasteiger partial charge on any atom is -0.318 e. The summed E-state index contributed by atoms with van der Waals surface area (Å²) in [6, 6.07) is 0. The van der Waals surface area contributed by atoms with E-state index < -0.39 is 15.4 Å². The van der Waals surface area contributed by atoms with Gasteiger partial charge in [-0.2, -0.15) is 8.42 Å². The van der Waals surface area contributed by atoms with Gasteiger partial charge in [-0.15, -0.1) is 0 Å². The van der Waals surface area contributed by atoms with Crippen molar-refractivity contribution in [1.82, 2.24) is 5.32 Å². The lowest BCUT2D eigenvalue weighted by Crippen LogP contribution is -2.31. The van der Waals surface area contributed by atoms with E-state index in [-0.39, 0.29) is 0 Å². The summed E-state index contributed by atoms with van der Waals surface area (Å²) in [5.41, 5.74) is 0. The highest BCUT2D eigenvalue weighted by atomic mass is 32.2. The van der Waals surface area contributed by atoms with E-state index in [0.717, 1.165) is 12.8 Å². The molecule has 4 nitrogen and oxygen atoms in total. The monoisotopic (exact) mass is 391 g/mol. The van der Waals surface area contributed by atoms with Crippen LogP contribution in [-0.4, -0.2) is 31.8 Å². The van der Waals surface area contributed by atoms with E-state index in [1.807, 2.05) is 0 Å². The molecule has 26 heavy (non-hydrogen) atoms. The van der Waals surface area contributed by atoms with E-state index in [0.29, 0.717) is 13.0 Å². The quantitative estimate of drug-likeness (QED) is 0.194. The summed E-state index contributed by atoms with van der Waals surface area (Å²) in [4.78, 5) is 0. The van der Waals surface area contributed by atoms with Crippen LogP contribution in [0.5, 0.6) is 0 Å². The van der Waals surface area contributed by atoms with Crippen molar-refractivity contribution in [2.24, 2.45) is 0 Å². The maximum Gasteiger partial charge on any atom is 0.269 e. The smallest absolute Gasteiger partial charge is 0.269 e. The molecule has 0 bridgehead atoms. The molecule has 158 valence electrons. The van der Waals surface area contributed by atoms with Gasteiger partial charge in [0.1, 0.15) is 0 Å². The van der Waals surface area contributed by atoms with Crippen LogP contribution in [0, 0.1) is 0 Å². The Morgan fingerprint density at radius 3 is 1.35 bits per heavy atom. The van der Waals surface area contributed by atoms with E-state index in [1.165, 1.54) is 89.9 Å². The van der Waals surface area contributed by atoms with Crippen molar-refractivity contribution in [3.8, 4) is 0 Å². The Labute approximate surface area is 163 Å². The van der Waals surface area contributed by atoms with Crippen molar-refractivity contribution in [2.75, 3.05) is 13.6 Å². The largest absolute Gasteiger partial charge is 0.318 e. The molecule has 0 aliphatic rings. The molecule has 2 N–H and O–H groups in total. The summed E-state index contributed by atoms with van der Waals surface area (Å²) in [5.74, 6) is 0. The maximum absolute atomic E-state index is 11.2. The molecule has 5 heteroatoms. The molecule has 0 spiro atoms. The Kier molecular flexibility index (Phi) is 18.2. The van der Waals surface area contributed by atoms with E-state index in [1.54, 1.807) is 7.05 Å². The molecular formula is C21H45NO3S. The van der Waals surface area contributed by atoms with Gasteiger partial charge in [-0.3, -0.25) is 4.55 Å². The molecule has 0 aliphatic carbocycles. The van der Waals surface area contributed by atoms with Gasteiger partial charge in [-0.1, -0.05) is 110 Å². The molecule has 0 aromatic carbocycles. The van der Waals surface area contributed by atoms with Gasteiger partial charge < -0.3 is 5.32 Å². The summed E-state index contributed by atoms with van der Waals surface area (Å²) in [7, 11) is -2.20. The second-order valence-corrected chi connectivity index (χ2v) is 9.48. The summed E-state index contributed by atoms with van der Waals surface area (Å²) >= 11 is 0. The highest BCUT2D eigenvalue weighted by Crippen LogP contribution is 2.15. The van der Waals surface area contributed by atoms with Crippen LogP contribution >= 0.6 is 0 Å². The minimum absolute atomic E-state index is 0.331.